The molecule has 0 spiro atoms. The van der Waals surface area contributed by atoms with Gasteiger partial charge in [-0.15, -0.1) is 12.4 Å². The summed E-state index contributed by atoms with van der Waals surface area (Å²) in [6.45, 7) is 2.06. The molecule has 3 rings (SSSR count). The number of methoxy groups -OCH3 is 1. The van der Waals surface area contributed by atoms with E-state index in [1.165, 1.54) is 25.5 Å². The number of hydrogen-bond donors (Lipinski definition) is 0. The van der Waals surface area contributed by atoms with Crippen LogP contribution in [-0.4, -0.2) is 30.6 Å². The van der Waals surface area contributed by atoms with E-state index >= 15 is 0 Å². The molecular weight excluding hydrogens is 286 g/mol. The SMILES string of the molecule is COC(=O)[C@@H]1[C@@H]2CCC[C@H]1N(Cc1ccccc1)CC2.Cl. The van der Waals surface area contributed by atoms with Gasteiger partial charge in [0.25, 0.3) is 0 Å². The first-order chi connectivity index (χ1) is 9.79. The summed E-state index contributed by atoms with van der Waals surface area (Å²) in [4.78, 5) is 14.6. The van der Waals surface area contributed by atoms with Crippen LogP contribution in [0.5, 0.6) is 0 Å². The van der Waals surface area contributed by atoms with Gasteiger partial charge in [-0.25, -0.2) is 0 Å². The highest BCUT2D eigenvalue weighted by atomic mass is 35.5. The van der Waals surface area contributed by atoms with Gasteiger partial charge in [0, 0.05) is 12.6 Å². The molecule has 0 radical (unpaired) electrons. The molecule has 0 amide bonds. The minimum Gasteiger partial charge on any atom is -0.469 e. The van der Waals surface area contributed by atoms with E-state index in [4.69, 9.17) is 4.74 Å². The molecule has 3 nitrogen and oxygen atoms in total. The molecule has 1 heterocycles. The zero-order chi connectivity index (χ0) is 13.9. The molecular formula is C17H24ClNO2. The third kappa shape index (κ3) is 3.41. The first kappa shape index (κ1) is 16.3. The van der Waals surface area contributed by atoms with Crippen molar-refractivity contribution >= 4 is 18.4 Å². The van der Waals surface area contributed by atoms with Gasteiger partial charge in [-0.3, -0.25) is 9.69 Å². The second-order valence-electron chi connectivity index (χ2n) is 6.05. The lowest BCUT2D eigenvalue weighted by Gasteiger charge is -2.47. The second kappa shape index (κ2) is 7.28. The van der Waals surface area contributed by atoms with Gasteiger partial charge >= 0.3 is 5.97 Å². The third-order valence-corrected chi connectivity index (χ3v) is 4.96. The number of esters is 1. The van der Waals surface area contributed by atoms with Crippen LogP contribution in [0.15, 0.2) is 30.3 Å². The number of halogens is 1. The Labute approximate surface area is 133 Å². The number of ether oxygens (including phenoxy) is 1. The van der Waals surface area contributed by atoms with Gasteiger partial charge in [-0.1, -0.05) is 36.8 Å². The molecule has 2 bridgehead atoms. The van der Waals surface area contributed by atoms with Crippen molar-refractivity contribution in [3.05, 3.63) is 35.9 Å². The number of hydrogen-bond acceptors (Lipinski definition) is 3. The molecule has 2 fully saturated rings. The molecule has 0 unspecified atom stereocenters. The van der Waals surface area contributed by atoms with Crippen LogP contribution in [0.4, 0.5) is 0 Å². The monoisotopic (exact) mass is 309 g/mol. The number of fused-ring (bicyclic) bond motifs is 2. The summed E-state index contributed by atoms with van der Waals surface area (Å²) in [5.74, 6) is 0.622. The standard InChI is InChI=1S/C17H23NO2.ClH/c1-20-17(19)16-14-8-5-9-15(16)18(11-10-14)12-13-6-3-2-4-7-13;/h2-4,6-7,14-16H,5,8-12H2,1H3;1H/t14-,15-,16-;/m1./s1. The first-order valence-corrected chi connectivity index (χ1v) is 7.65. The molecule has 1 aliphatic carbocycles. The molecule has 1 aromatic carbocycles. The Kier molecular flexibility index (Phi) is 5.65. The summed E-state index contributed by atoms with van der Waals surface area (Å²) in [6.07, 6.45) is 4.69. The van der Waals surface area contributed by atoms with E-state index in [0.717, 1.165) is 25.9 Å². The Bertz CT molecular complexity index is 465. The summed E-state index contributed by atoms with van der Waals surface area (Å²) in [5, 5.41) is 0. The zero-order valence-electron chi connectivity index (χ0n) is 12.5. The predicted molar refractivity (Wildman–Crippen MR) is 85.4 cm³/mol. The highest BCUT2D eigenvalue weighted by Crippen LogP contribution is 2.40. The van der Waals surface area contributed by atoms with E-state index in [-0.39, 0.29) is 24.3 Å². The topological polar surface area (TPSA) is 29.5 Å². The van der Waals surface area contributed by atoms with Crippen molar-refractivity contribution in [2.45, 2.75) is 38.3 Å². The van der Waals surface area contributed by atoms with Crippen molar-refractivity contribution in [1.29, 1.82) is 0 Å². The number of rotatable bonds is 3. The van der Waals surface area contributed by atoms with Crippen molar-refractivity contribution in [1.82, 2.24) is 4.90 Å². The molecule has 116 valence electrons. The first-order valence-electron chi connectivity index (χ1n) is 7.65. The fraction of sp³-hybridized carbons (Fsp3) is 0.588. The van der Waals surface area contributed by atoms with Crippen LogP contribution in [0, 0.1) is 11.8 Å². The van der Waals surface area contributed by atoms with Crippen LogP contribution >= 0.6 is 12.4 Å². The number of benzene rings is 1. The Balaban J connectivity index is 0.00000161. The van der Waals surface area contributed by atoms with Gasteiger partial charge in [-0.2, -0.15) is 0 Å². The number of carbonyl (C=O) groups excluding carboxylic acids is 1. The summed E-state index contributed by atoms with van der Waals surface area (Å²) in [5.41, 5.74) is 1.33. The highest BCUT2D eigenvalue weighted by Gasteiger charge is 2.44. The summed E-state index contributed by atoms with van der Waals surface area (Å²) in [7, 11) is 1.52. The lowest BCUT2D eigenvalue weighted by atomic mass is 9.71. The summed E-state index contributed by atoms with van der Waals surface area (Å²) >= 11 is 0. The van der Waals surface area contributed by atoms with E-state index in [9.17, 15) is 4.79 Å². The lowest BCUT2D eigenvalue weighted by molar-refractivity contribution is -0.155. The maximum Gasteiger partial charge on any atom is 0.310 e. The summed E-state index contributed by atoms with van der Waals surface area (Å²) < 4.78 is 5.06. The van der Waals surface area contributed by atoms with Crippen molar-refractivity contribution in [3.63, 3.8) is 0 Å². The van der Waals surface area contributed by atoms with E-state index in [1.807, 2.05) is 6.07 Å². The minimum absolute atomic E-state index is 0. The molecule has 1 aliphatic heterocycles. The fourth-order valence-electron chi connectivity index (χ4n) is 3.99. The van der Waals surface area contributed by atoms with E-state index in [2.05, 4.69) is 29.2 Å². The maximum absolute atomic E-state index is 12.1. The van der Waals surface area contributed by atoms with Gasteiger partial charge in [0.1, 0.15) is 0 Å². The molecule has 4 heteroatoms. The van der Waals surface area contributed by atoms with Crippen LogP contribution in [0.2, 0.25) is 0 Å². The van der Waals surface area contributed by atoms with E-state index < -0.39 is 0 Å². The lowest BCUT2D eigenvalue weighted by Crippen LogP contribution is -2.53. The molecule has 0 aromatic heterocycles. The predicted octanol–water partition coefficient (Wildman–Crippen LogP) is 3.27. The Morgan fingerprint density at radius 1 is 1.24 bits per heavy atom. The number of carbonyl (C=O) groups is 1. The van der Waals surface area contributed by atoms with Crippen LogP contribution in [-0.2, 0) is 16.1 Å². The summed E-state index contributed by atoms with van der Waals surface area (Å²) in [6, 6.07) is 10.9. The van der Waals surface area contributed by atoms with Crippen molar-refractivity contribution in [2.24, 2.45) is 11.8 Å². The molecule has 2 aliphatic rings. The van der Waals surface area contributed by atoms with Gasteiger partial charge < -0.3 is 4.74 Å². The van der Waals surface area contributed by atoms with Gasteiger partial charge in [0.15, 0.2) is 0 Å². The Morgan fingerprint density at radius 3 is 2.71 bits per heavy atom. The van der Waals surface area contributed by atoms with Crippen LogP contribution in [0.3, 0.4) is 0 Å². The van der Waals surface area contributed by atoms with Crippen LogP contribution < -0.4 is 0 Å². The highest BCUT2D eigenvalue weighted by molar-refractivity contribution is 5.85. The average molecular weight is 310 g/mol. The molecule has 21 heavy (non-hydrogen) atoms. The van der Waals surface area contributed by atoms with Gasteiger partial charge in [0.05, 0.1) is 13.0 Å². The van der Waals surface area contributed by atoms with Crippen molar-refractivity contribution in [3.8, 4) is 0 Å². The maximum atomic E-state index is 12.1. The smallest absolute Gasteiger partial charge is 0.310 e. The average Bonchev–Trinajstić information content (AvgIpc) is 2.50. The molecule has 0 N–H and O–H groups in total. The minimum atomic E-state index is -0.00235. The number of nitrogens with zero attached hydrogens (tertiary/aromatic N) is 1. The molecule has 1 aromatic rings. The second-order valence-corrected chi connectivity index (χ2v) is 6.05. The van der Waals surface area contributed by atoms with E-state index in [1.54, 1.807) is 0 Å². The Hall–Kier alpha value is -1.06. The van der Waals surface area contributed by atoms with Crippen molar-refractivity contribution < 1.29 is 9.53 Å². The number of likely N-dealkylation sites (tertiary alicyclic amines) is 1. The number of piperidine rings is 1. The van der Waals surface area contributed by atoms with Gasteiger partial charge in [0.2, 0.25) is 0 Å². The van der Waals surface area contributed by atoms with E-state index in [0.29, 0.717) is 12.0 Å². The van der Waals surface area contributed by atoms with Gasteiger partial charge in [-0.05, 0) is 37.3 Å². The zero-order valence-corrected chi connectivity index (χ0v) is 13.3. The largest absolute Gasteiger partial charge is 0.469 e. The fourth-order valence-corrected chi connectivity index (χ4v) is 3.99. The quantitative estimate of drug-likeness (QED) is 0.803. The van der Waals surface area contributed by atoms with Crippen LogP contribution in [0.1, 0.15) is 31.2 Å². The third-order valence-electron chi connectivity index (χ3n) is 4.96. The molecule has 1 saturated carbocycles. The molecule has 1 saturated heterocycles. The van der Waals surface area contributed by atoms with Crippen molar-refractivity contribution in [2.75, 3.05) is 13.7 Å². The Morgan fingerprint density at radius 2 is 2.00 bits per heavy atom. The normalized spacial score (nSPS) is 28.5. The van der Waals surface area contributed by atoms with Crippen LogP contribution in [0.25, 0.3) is 0 Å². The molecule has 3 atom stereocenters.